The highest BCUT2D eigenvalue weighted by atomic mass is 16.5. The molecule has 1 amide bonds. The van der Waals surface area contributed by atoms with E-state index in [1.807, 2.05) is 58.0 Å². The molecule has 0 saturated carbocycles. The van der Waals surface area contributed by atoms with Gasteiger partial charge in [0.15, 0.2) is 5.96 Å². The van der Waals surface area contributed by atoms with Crippen LogP contribution >= 0.6 is 0 Å². The van der Waals surface area contributed by atoms with E-state index in [2.05, 4.69) is 39.8 Å². The minimum absolute atomic E-state index is 0.0823. The zero-order valence-electron chi connectivity index (χ0n) is 18.8. The average molecular weight is 412 g/mol. The molecule has 0 unspecified atom stereocenters. The van der Waals surface area contributed by atoms with Crippen LogP contribution in [0.5, 0.6) is 11.6 Å². The fourth-order valence-corrected chi connectivity index (χ4v) is 2.64. The lowest BCUT2D eigenvalue weighted by Gasteiger charge is -2.21. The molecule has 0 fully saturated rings. The summed E-state index contributed by atoms with van der Waals surface area (Å²) >= 11 is 0. The lowest BCUT2D eigenvalue weighted by Crippen LogP contribution is -2.48. The molecule has 0 saturated heterocycles. The van der Waals surface area contributed by atoms with Crippen LogP contribution in [0.3, 0.4) is 0 Å². The summed E-state index contributed by atoms with van der Waals surface area (Å²) < 4.78 is 5.89. The number of pyridine rings is 1. The Kier molecular flexibility index (Phi) is 8.21. The zero-order valence-corrected chi connectivity index (χ0v) is 18.8. The van der Waals surface area contributed by atoms with Gasteiger partial charge in [0, 0.05) is 24.3 Å². The molecule has 0 aliphatic carbocycles. The van der Waals surface area contributed by atoms with E-state index in [0.29, 0.717) is 24.9 Å². The highest BCUT2D eigenvalue weighted by molar-refractivity contribution is 5.86. The molecule has 0 aliphatic rings. The van der Waals surface area contributed by atoms with Crippen LogP contribution in [0.2, 0.25) is 0 Å². The number of nitrogens with one attached hydrogen (secondary N) is 3. The SMILES string of the molecule is CCNC(=NCc1ccnc(Oc2ccc(C)c(C)c2)c1)NCC(=O)NC(C)(C)C. The van der Waals surface area contributed by atoms with Crippen LogP contribution in [0, 0.1) is 13.8 Å². The van der Waals surface area contributed by atoms with Crippen molar-refractivity contribution in [1.29, 1.82) is 0 Å². The number of nitrogens with zero attached hydrogens (tertiary/aromatic N) is 2. The van der Waals surface area contributed by atoms with E-state index in [9.17, 15) is 4.79 Å². The average Bonchev–Trinajstić information content (AvgIpc) is 2.66. The molecule has 0 bridgehead atoms. The first-order valence-corrected chi connectivity index (χ1v) is 10.2. The molecular formula is C23H33N5O2. The molecule has 0 radical (unpaired) electrons. The lowest BCUT2D eigenvalue weighted by atomic mass is 10.1. The van der Waals surface area contributed by atoms with Crippen LogP contribution in [-0.2, 0) is 11.3 Å². The number of carbonyl (C=O) groups is 1. The van der Waals surface area contributed by atoms with Gasteiger partial charge in [-0.3, -0.25) is 4.79 Å². The number of aliphatic imine (C=N–C) groups is 1. The van der Waals surface area contributed by atoms with Gasteiger partial charge in [0.2, 0.25) is 11.8 Å². The van der Waals surface area contributed by atoms with Crippen molar-refractivity contribution in [1.82, 2.24) is 20.9 Å². The predicted octanol–water partition coefficient (Wildman–Crippen LogP) is 3.46. The van der Waals surface area contributed by atoms with Gasteiger partial charge in [-0.25, -0.2) is 9.98 Å². The topological polar surface area (TPSA) is 87.6 Å². The fourth-order valence-electron chi connectivity index (χ4n) is 2.64. The minimum atomic E-state index is -0.266. The van der Waals surface area contributed by atoms with Crippen LogP contribution < -0.4 is 20.7 Å². The van der Waals surface area contributed by atoms with E-state index in [0.717, 1.165) is 11.3 Å². The molecule has 1 aromatic carbocycles. The number of carbonyl (C=O) groups excluding carboxylic acids is 1. The van der Waals surface area contributed by atoms with Crippen LogP contribution in [0.1, 0.15) is 44.4 Å². The molecule has 2 aromatic rings. The van der Waals surface area contributed by atoms with Crippen LogP contribution in [-0.4, -0.2) is 35.5 Å². The summed E-state index contributed by atoms with van der Waals surface area (Å²) in [5.41, 5.74) is 3.08. The molecular weight excluding hydrogens is 378 g/mol. The number of rotatable bonds is 7. The number of hydrogen-bond acceptors (Lipinski definition) is 4. The highest BCUT2D eigenvalue weighted by Crippen LogP contribution is 2.22. The number of aryl methyl sites for hydroxylation is 2. The number of ether oxygens (including phenoxy) is 1. The van der Waals surface area contributed by atoms with Crippen molar-refractivity contribution >= 4 is 11.9 Å². The molecule has 162 valence electrons. The third-order valence-electron chi connectivity index (χ3n) is 4.19. The Morgan fingerprint density at radius 2 is 1.87 bits per heavy atom. The number of hydrogen-bond donors (Lipinski definition) is 3. The lowest BCUT2D eigenvalue weighted by molar-refractivity contribution is -0.121. The van der Waals surface area contributed by atoms with E-state index >= 15 is 0 Å². The first kappa shape index (κ1) is 23.2. The van der Waals surface area contributed by atoms with Gasteiger partial charge < -0.3 is 20.7 Å². The van der Waals surface area contributed by atoms with Crippen molar-refractivity contribution in [3.05, 3.63) is 53.2 Å². The van der Waals surface area contributed by atoms with Crippen molar-refractivity contribution in [2.45, 2.75) is 53.6 Å². The molecule has 2 rings (SSSR count). The Hall–Kier alpha value is -3.09. The van der Waals surface area contributed by atoms with Crippen molar-refractivity contribution in [3.63, 3.8) is 0 Å². The molecule has 7 heteroatoms. The second kappa shape index (κ2) is 10.6. The van der Waals surface area contributed by atoms with Crippen molar-refractivity contribution in [2.75, 3.05) is 13.1 Å². The van der Waals surface area contributed by atoms with Gasteiger partial charge in [0.1, 0.15) is 5.75 Å². The van der Waals surface area contributed by atoms with Gasteiger partial charge in [-0.15, -0.1) is 0 Å². The van der Waals surface area contributed by atoms with Gasteiger partial charge in [-0.2, -0.15) is 0 Å². The third-order valence-corrected chi connectivity index (χ3v) is 4.19. The summed E-state index contributed by atoms with van der Waals surface area (Å²) in [7, 11) is 0. The van der Waals surface area contributed by atoms with E-state index in [4.69, 9.17) is 4.74 Å². The quantitative estimate of drug-likeness (QED) is 0.480. The van der Waals surface area contributed by atoms with E-state index < -0.39 is 0 Å². The second-order valence-electron chi connectivity index (χ2n) is 8.20. The summed E-state index contributed by atoms with van der Waals surface area (Å²) in [6.07, 6.45) is 1.71. The zero-order chi connectivity index (χ0) is 22.1. The van der Waals surface area contributed by atoms with E-state index in [1.54, 1.807) is 6.20 Å². The Balaban J connectivity index is 2.00. The summed E-state index contributed by atoms with van der Waals surface area (Å²) in [6.45, 7) is 13.2. The predicted molar refractivity (Wildman–Crippen MR) is 121 cm³/mol. The maximum Gasteiger partial charge on any atom is 0.239 e. The van der Waals surface area contributed by atoms with Crippen molar-refractivity contribution < 1.29 is 9.53 Å². The summed E-state index contributed by atoms with van der Waals surface area (Å²) in [5, 5.41) is 9.13. The summed E-state index contributed by atoms with van der Waals surface area (Å²) in [5.74, 6) is 1.77. The van der Waals surface area contributed by atoms with Crippen LogP contribution in [0.25, 0.3) is 0 Å². The van der Waals surface area contributed by atoms with Crippen LogP contribution in [0.15, 0.2) is 41.5 Å². The van der Waals surface area contributed by atoms with Crippen LogP contribution in [0.4, 0.5) is 0 Å². The van der Waals surface area contributed by atoms with Crippen molar-refractivity contribution in [3.8, 4) is 11.6 Å². The summed E-state index contributed by atoms with van der Waals surface area (Å²) in [6, 6.07) is 9.73. The monoisotopic (exact) mass is 411 g/mol. The largest absolute Gasteiger partial charge is 0.439 e. The standard InChI is InChI=1S/C23H33N5O2/c1-7-24-22(27-15-20(29)28-23(4,5)6)26-14-18-10-11-25-21(13-18)30-19-9-8-16(2)17(3)12-19/h8-13H,7,14-15H2,1-6H3,(H,28,29)(H2,24,26,27). The number of aromatic nitrogens is 1. The number of amides is 1. The number of benzene rings is 1. The van der Waals surface area contributed by atoms with Gasteiger partial charge in [-0.1, -0.05) is 6.07 Å². The Morgan fingerprint density at radius 3 is 2.53 bits per heavy atom. The first-order chi connectivity index (χ1) is 14.2. The summed E-state index contributed by atoms with van der Waals surface area (Å²) in [4.78, 5) is 20.9. The Bertz CT molecular complexity index is 887. The molecule has 30 heavy (non-hydrogen) atoms. The number of guanidine groups is 1. The Labute approximate surface area is 179 Å². The molecule has 0 spiro atoms. The first-order valence-electron chi connectivity index (χ1n) is 10.2. The molecule has 1 heterocycles. The normalized spacial score (nSPS) is 11.7. The van der Waals surface area contributed by atoms with Gasteiger partial charge in [0.25, 0.3) is 0 Å². The van der Waals surface area contributed by atoms with Gasteiger partial charge >= 0.3 is 0 Å². The minimum Gasteiger partial charge on any atom is -0.439 e. The molecule has 0 atom stereocenters. The molecule has 0 aliphatic heterocycles. The second-order valence-corrected chi connectivity index (χ2v) is 8.20. The van der Waals surface area contributed by atoms with E-state index in [1.165, 1.54) is 11.1 Å². The molecule has 3 N–H and O–H groups in total. The molecule has 1 aromatic heterocycles. The maximum absolute atomic E-state index is 12.0. The highest BCUT2D eigenvalue weighted by Gasteiger charge is 2.13. The maximum atomic E-state index is 12.0. The molecule has 7 nitrogen and oxygen atoms in total. The third kappa shape index (κ3) is 8.11. The van der Waals surface area contributed by atoms with Gasteiger partial charge in [-0.05, 0) is 76.4 Å². The van der Waals surface area contributed by atoms with Gasteiger partial charge in [0.05, 0.1) is 13.1 Å². The van der Waals surface area contributed by atoms with Crippen molar-refractivity contribution in [2.24, 2.45) is 4.99 Å². The Morgan fingerprint density at radius 1 is 1.10 bits per heavy atom. The van der Waals surface area contributed by atoms with E-state index in [-0.39, 0.29) is 18.0 Å². The smallest absolute Gasteiger partial charge is 0.239 e. The fraction of sp³-hybridized carbons (Fsp3) is 0.435.